The van der Waals surface area contributed by atoms with Crippen LogP contribution in [0.5, 0.6) is 0 Å². The van der Waals surface area contributed by atoms with E-state index in [-0.39, 0.29) is 11.9 Å². The van der Waals surface area contributed by atoms with Gasteiger partial charge in [-0.2, -0.15) is 0 Å². The van der Waals surface area contributed by atoms with Gasteiger partial charge in [-0.15, -0.1) is 0 Å². The molecule has 104 valence electrons. The number of nitrogens with zero attached hydrogens (tertiary/aromatic N) is 1. The molecule has 0 N–H and O–H groups in total. The van der Waals surface area contributed by atoms with Gasteiger partial charge < -0.3 is 0 Å². The maximum atomic E-state index is 12.1. The Labute approximate surface area is 111 Å². The molecule has 0 spiro atoms. The second-order valence-electron chi connectivity index (χ2n) is 5.19. The fraction of sp³-hybridized carbons (Fsp3) is 0.800. The minimum absolute atomic E-state index is 0.133. The summed E-state index contributed by atoms with van der Waals surface area (Å²) < 4.78 is 0. The number of hydroxylamine groups is 2. The van der Waals surface area contributed by atoms with Crippen molar-refractivity contribution in [1.29, 1.82) is 0 Å². The Kier molecular flexibility index (Phi) is 7.02. The highest BCUT2D eigenvalue weighted by Gasteiger charge is 2.20. The molecule has 1 heterocycles. The molecular weight excluding hydrogens is 226 g/mol. The maximum Gasteiger partial charge on any atom is 0.246 e. The minimum atomic E-state index is 0.133. The van der Waals surface area contributed by atoms with Crippen LogP contribution in [-0.2, 0) is 9.63 Å². The van der Waals surface area contributed by atoms with E-state index in [4.69, 9.17) is 4.84 Å². The summed E-state index contributed by atoms with van der Waals surface area (Å²) in [5, 5.41) is 1.60. The Morgan fingerprint density at radius 1 is 1.33 bits per heavy atom. The first kappa shape index (κ1) is 15.2. The number of amides is 1. The molecule has 1 amide bonds. The lowest BCUT2D eigenvalue weighted by Crippen LogP contribution is -2.38. The normalized spacial score (nSPS) is 27.1. The molecule has 1 atom stereocenters. The number of allylic oxidation sites excluding steroid dienone is 1. The zero-order valence-corrected chi connectivity index (χ0v) is 12.1. The summed E-state index contributed by atoms with van der Waals surface area (Å²) in [7, 11) is 0. The SMILES string of the molecule is CCON1C(=O)CCCCCC/C=C(\C)CC1C. The molecule has 1 rings (SSSR count). The molecule has 1 unspecified atom stereocenters. The second-order valence-corrected chi connectivity index (χ2v) is 5.19. The van der Waals surface area contributed by atoms with Crippen LogP contribution in [0.1, 0.15) is 65.7 Å². The van der Waals surface area contributed by atoms with E-state index >= 15 is 0 Å². The van der Waals surface area contributed by atoms with Crippen LogP contribution in [0.2, 0.25) is 0 Å². The highest BCUT2D eigenvalue weighted by atomic mass is 16.7. The van der Waals surface area contributed by atoms with Gasteiger partial charge in [-0.1, -0.05) is 24.5 Å². The van der Waals surface area contributed by atoms with E-state index < -0.39 is 0 Å². The van der Waals surface area contributed by atoms with Gasteiger partial charge in [0.1, 0.15) is 0 Å². The van der Waals surface area contributed by atoms with Crippen molar-refractivity contribution in [3.05, 3.63) is 11.6 Å². The van der Waals surface area contributed by atoms with Crippen molar-refractivity contribution < 1.29 is 9.63 Å². The van der Waals surface area contributed by atoms with Crippen molar-refractivity contribution in [2.45, 2.75) is 71.8 Å². The predicted octanol–water partition coefficient (Wildman–Crippen LogP) is 3.85. The quantitative estimate of drug-likeness (QED) is 0.700. The first-order chi connectivity index (χ1) is 8.65. The Morgan fingerprint density at radius 2 is 2.06 bits per heavy atom. The smallest absolute Gasteiger partial charge is 0.246 e. The van der Waals surface area contributed by atoms with Crippen LogP contribution in [0.4, 0.5) is 0 Å². The third-order valence-electron chi connectivity index (χ3n) is 3.37. The molecule has 3 heteroatoms. The van der Waals surface area contributed by atoms with E-state index in [1.165, 1.54) is 24.8 Å². The van der Waals surface area contributed by atoms with Crippen molar-refractivity contribution in [3.8, 4) is 0 Å². The molecule has 18 heavy (non-hydrogen) atoms. The molecule has 3 nitrogen and oxygen atoms in total. The van der Waals surface area contributed by atoms with Crippen molar-refractivity contribution in [2.75, 3.05) is 6.61 Å². The average molecular weight is 253 g/mol. The van der Waals surface area contributed by atoms with E-state index in [1.54, 1.807) is 5.06 Å². The standard InChI is InChI=1S/C15H27NO2/c1-4-18-16-14(3)12-13(2)10-8-6-5-7-9-11-15(16)17/h10,14H,4-9,11-12H2,1-3H3/b13-10+. The van der Waals surface area contributed by atoms with Gasteiger partial charge in [0.15, 0.2) is 0 Å². The summed E-state index contributed by atoms with van der Waals surface area (Å²) in [5.74, 6) is 0.137. The van der Waals surface area contributed by atoms with Crippen molar-refractivity contribution >= 4 is 5.91 Å². The molecule has 0 fully saturated rings. The largest absolute Gasteiger partial charge is 0.273 e. The van der Waals surface area contributed by atoms with Gasteiger partial charge >= 0.3 is 0 Å². The van der Waals surface area contributed by atoms with Gasteiger partial charge in [-0.05, 0) is 46.5 Å². The van der Waals surface area contributed by atoms with Gasteiger partial charge in [-0.25, -0.2) is 5.06 Å². The van der Waals surface area contributed by atoms with Crippen LogP contribution >= 0.6 is 0 Å². The molecular formula is C15H27NO2. The van der Waals surface area contributed by atoms with E-state index in [0.717, 1.165) is 19.3 Å². The lowest BCUT2D eigenvalue weighted by Gasteiger charge is -2.28. The van der Waals surface area contributed by atoms with Crippen LogP contribution in [0.3, 0.4) is 0 Å². The van der Waals surface area contributed by atoms with Crippen molar-refractivity contribution in [3.63, 3.8) is 0 Å². The highest BCUT2D eigenvalue weighted by Crippen LogP contribution is 2.17. The predicted molar refractivity (Wildman–Crippen MR) is 74.0 cm³/mol. The van der Waals surface area contributed by atoms with E-state index in [0.29, 0.717) is 13.0 Å². The minimum Gasteiger partial charge on any atom is -0.273 e. The first-order valence-corrected chi connectivity index (χ1v) is 7.25. The topological polar surface area (TPSA) is 29.5 Å². The Balaban J connectivity index is 2.71. The number of carbonyl (C=O) groups excluding carboxylic acids is 1. The Morgan fingerprint density at radius 3 is 2.78 bits per heavy atom. The summed E-state index contributed by atoms with van der Waals surface area (Å²) in [6, 6.07) is 0.133. The van der Waals surface area contributed by atoms with Crippen LogP contribution < -0.4 is 0 Å². The Hall–Kier alpha value is -0.830. The highest BCUT2D eigenvalue weighted by molar-refractivity contribution is 5.75. The van der Waals surface area contributed by atoms with Crippen molar-refractivity contribution in [1.82, 2.24) is 5.06 Å². The van der Waals surface area contributed by atoms with Gasteiger partial charge in [0.2, 0.25) is 5.91 Å². The zero-order chi connectivity index (χ0) is 13.4. The summed E-state index contributed by atoms with van der Waals surface area (Å²) >= 11 is 0. The van der Waals surface area contributed by atoms with E-state index in [2.05, 4.69) is 19.9 Å². The summed E-state index contributed by atoms with van der Waals surface area (Å²) in [6.07, 6.45) is 9.60. The third-order valence-corrected chi connectivity index (χ3v) is 3.37. The molecule has 1 aliphatic heterocycles. The third kappa shape index (κ3) is 5.21. The van der Waals surface area contributed by atoms with Crippen LogP contribution in [0.25, 0.3) is 0 Å². The molecule has 0 saturated heterocycles. The molecule has 0 aromatic carbocycles. The van der Waals surface area contributed by atoms with Crippen LogP contribution in [0, 0.1) is 0 Å². The molecule has 0 aromatic rings. The average Bonchev–Trinajstić information content (AvgIpc) is 2.33. The molecule has 1 aliphatic rings. The number of rotatable bonds is 2. The van der Waals surface area contributed by atoms with Crippen LogP contribution in [-0.4, -0.2) is 23.6 Å². The van der Waals surface area contributed by atoms with Crippen LogP contribution in [0.15, 0.2) is 11.6 Å². The molecule has 0 saturated carbocycles. The fourth-order valence-electron chi connectivity index (χ4n) is 2.45. The van der Waals surface area contributed by atoms with E-state index in [1.807, 2.05) is 6.92 Å². The van der Waals surface area contributed by atoms with Crippen molar-refractivity contribution in [2.24, 2.45) is 0 Å². The molecule has 0 aliphatic carbocycles. The number of hydrogen-bond donors (Lipinski definition) is 0. The second kappa shape index (κ2) is 8.30. The maximum absolute atomic E-state index is 12.1. The summed E-state index contributed by atoms with van der Waals surface area (Å²) in [6.45, 7) is 6.70. The van der Waals surface area contributed by atoms with Gasteiger partial charge in [-0.3, -0.25) is 9.63 Å². The summed E-state index contributed by atoms with van der Waals surface area (Å²) in [4.78, 5) is 17.6. The van der Waals surface area contributed by atoms with E-state index in [9.17, 15) is 4.79 Å². The fourth-order valence-corrected chi connectivity index (χ4v) is 2.45. The molecule has 0 bridgehead atoms. The number of hydrogen-bond acceptors (Lipinski definition) is 2. The molecule has 0 aromatic heterocycles. The van der Waals surface area contributed by atoms with Gasteiger partial charge in [0, 0.05) is 6.42 Å². The molecule has 0 radical (unpaired) electrons. The van der Waals surface area contributed by atoms with Gasteiger partial charge in [0.05, 0.1) is 12.6 Å². The summed E-state index contributed by atoms with van der Waals surface area (Å²) in [5.41, 5.74) is 1.36. The monoisotopic (exact) mass is 253 g/mol. The lowest BCUT2D eigenvalue weighted by molar-refractivity contribution is -0.196. The first-order valence-electron chi connectivity index (χ1n) is 7.25. The zero-order valence-electron chi connectivity index (χ0n) is 12.1. The lowest BCUT2D eigenvalue weighted by atomic mass is 10.0. The number of carbonyl (C=O) groups is 1. The Bertz CT molecular complexity index is 286. The van der Waals surface area contributed by atoms with Gasteiger partial charge in [0.25, 0.3) is 0 Å².